The number of guanidine groups is 3. The molecule has 3 aliphatic rings. The van der Waals surface area contributed by atoms with Crippen LogP contribution in [0.15, 0.2) is 69.6 Å². The summed E-state index contributed by atoms with van der Waals surface area (Å²) in [4.78, 5) is 36.9. The summed E-state index contributed by atoms with van der Waals surface area (Å²) < 4.78 is 202. The molecule has 28 nitrogen and oxygen atoms in total. The second-order valence-electron chi connectivity index (χ2n) is 22.1. The lowest BCUT2D eigenvalue weighted by Crippen LogP contribution is -2.54. The van der Waals surface area contributed by atoms with Gasteiger partial charge in [0.2, 0.25) is 77.0 Å². The number of nitrogens with two attached hydrogens (primary N) is 2. The average Bonchev–Trinajstić information content (AvgIpc) is 0.933. The van der Waals surface area contributed by atoms with Gasteiger partial charge in [0, 0.05) is 65.6 Å². The van der Waals surface area contributed by atoms with E-state index in [1.807, 2.05) is 0 Å². The Kier molecular flexibility index (Phi) is 23.3. The normalized spacial score (nSPS) is 21.6. The number of rotatable bonds is 10. The monoisotopic (exact) mass is 1370 g/mol. The van der Waals surface area contributed by atoms with Gasteiger partial charge in [0.25, 0.3) is 0 Å². The quantitative estimate of drug-likeness (QED) is 0.118. The molecule has 0 unspecified atom stereocenters. The summed E-state index contributed by atoms with van der Waals surface area (Å²) in [7, 11) is -13.6. The van der Waals surface area contributed by atoms with Crippen LogP contribution in [-0.4, -0.2) is 160 Å². The molecule has 0 fully saturated rings. The number of carbonyl (C=O) groups excluding carboxylic acids is 2. The lowest BCUT2D eigenvalue weighted by molar-refractivity contribution is 0.0546. The maximum absolute atomic E-state index is 14.7. The zero-order chi connectivity index (χ0) is 67.3. The molecule has 0 saturated heterocycles. The van der Waals surface area contributed by atoms with Crippen LogP contribution in [0.4, 0.5) is 39.8 Å². The molecule has 3 atom stereocenters. The largest absolute Gasteiger partial charge is 0.444 e. The Balaban J connectivity index is 0.000000328. The minimum absolute atomic E-state index is 0.00849. The van der Waals surface area contributed by atoms with Gasteiger partial charge in [0.05, 0.1) is 34.5 Å². The van der Waals surface area contributed by atoms with Crippen LogP contribution >= 0.6 is 10.7 Å². The SMILES string of the molecule is CCS(=O)(=O)Cl.CCS(=O)(=O)Nc1ccc(F)c([C@]2(C)CS(=O)(=O)N(C)C(N)=N2)c1.CCS(=O)(=O)Nc1ccc(F)c([C@]2(C)CS(=O)(=O)N(C)C(NC(=O)OC(C)(C)C)=N2)c1.CN1C(NC(=O)OC(C)(C)C)=N[C@](C)(c2cc(N)ccc2F)CS1(=O)=O. The van der Waals surface area contributed by atoms with Crippen LogP contribution in [0.3, 0.4) is 0 Å². The van der Waals surface area contributed by atoms with Crippen molar-refractivity contribution in [2.75, 3.05) is 70.8 Å². The molecule has 0 radical (unpaired) electrons. The molecule has 3 aromatic rings. The number of ether oxygens (including phenoxy) is 2. The van der Waals surface area contributed by atoms with Crippen molar-refractivity contribution in [1.29, 1.82) is 0 Å². The highest BCUT2D eigenvalue weighted by molar-refractivity contribution is 8.13. The minimum Gasteiger partial charge on any atom is -0.444 e. The second-order valence-corrected chi connectivity index (χ2v) is 35.1. The van der Waals surface area contributed by atoms with E-state index in [0.29, 0.717) is 0 Å². The Labute approximate surface area is 511 Å². The fourth-order valence-corrected chi connectivity index (χ4v) is 13.3. The minimum atomic E-state index is -4.00. The van der Waals surface area contributed by atoms with E-state index in [2.05, 4.69) is 45.7 Å². The van der Waals surface area contributed by atoms with E-state index in [-0.39, 0.29) is 68.9 Å². The van der Waals surface area contributed by atoms with Gasteiger partial charge >= 0.3 is 12.2 Å². The molecule has 3 aliphatic heterocycles. The molecule has 6 rings (SSSR count). The Morgan fingerprint density at radius 3 is 1.16 bits per heavy atom. The fraction of sp³-hybridized carbons (Fsp3) is 0.531. The van der Waals surface area contributed by atoms with E-state index in [1.54, 1.807) is 41.5 Å². The lowest BCUT2D eigenvalue weighted by atomic mass is 9.93. The maximum atomic E-state index is 14.7. The first-order valence-corrected chi connectivity index (χ1v) is 36.3. The van der Waals surface area contributed by atoms with Crippen LogP contribution in [0.1, 0.15) is 99.8 Å². The number of anilines is 3. The predicted octanol–water partition coefficient (Wildman–Crippen LogP) is 4.70. The van der Waals surface area contributed by atoms with Crippen molar-refractivity contribution in [3.8, 4) is 0 Å². The average molecular weight is 1370 g/mol. The third-order valence-electron chi connectivity index (χ3n) is 12.2. The third-order valence-corrected chi connectivity index (χ3v) is 21.9. The Hall–Kier alpha value is -6.41. The molecule has 38 heteroatoms. The van der Waals surface area contributed by atoms with Gasteiger partial charge in [-0.25, -0.2) is 101 Å². The van der Waals surface area contributed by atoms with E-state index in [1.165, 1.54) is 99.1 Å². The number of nitrogens with one attached hydrogen (secondary N) is 4. The molecule has 0 bridgehead atoms. The van der Waals surface area contributed by atoms with Crippen molar-refractivity contribution < 1.29 is 82.7 Å². The number of benzene rings is 3. The van der Waals surface area contributed by atoms with Crippen molar-refractivity contribution in [2.45, 2.75) is 111 Å². The van der Waals surface area contributed by atoms with E-state index in [4.69, 9.17) is 20.9 Å². The number of aliphatic imine (C=N–C) groups is 3. The summed E-state index contributed by atoms with van der Waals surface area (Å²) in [5, 5.41) is 4.61. The lowest BCUT2D eigenvalue weighted by Gasteiger charge is -2.36. The van der Waals surface area contributed by atoms with Gasteiger partial charge in [-0.05, 0) is 131 Å². The second kappa shape index (κ2) is 27.1. The van der Waals surface area contributed by atoms with Crippen LogP contribution in [0.2, 0.25) is 0 Å². The number of carbonyl (C=O) groups is 2. The molecular formula is C49H74ClF3N12O16S6. The number of hydrogen-bond donors (Lipinski definition) is 6. The Morgan fingerprint density at radius 2 is 0.862 bits per heavy atom. The van der Waals surface area contributed by atoms with Gasteiger partial charge in [-0.2, -0.15) is 0 Å². The van der Waals surface area contributed by atoms with Gasteiger partial charge in [-0.1, -0.05) is 6.92 Å². The highest BCUT2D eigenvalue weighted by Crippen LogP contribution is 2.38. The van der Waals surface area contributed by atoms with Crippen molar-refractivity contribution in [3.63, 3.8) is 0 Å². The summed E-state index contributed by atoms with van der Waals surface area (Å²) in [5.41, 5.74) is 5.44. The molecule has 8 N–H and O–H groups in total. The maximum Gasteiger partial charge on any atom is 0.414 e. The van der Waals surface area contributed by atoms with Gasteiger partial charge in [0.1, 0.15) is 45.3 Å². The first-order chi connectivity index (χ1) is 39.2. The van der Waals surface area contributed by atoms with Crippen LogP contribution in [-0.2, 0) is 85.3 Å². The molecular weight excluding hydrogens is 1300 g/mol. The van der Waals surface area contributed by atoms with Gasteiger partial charge in [-0.15, -0.1) is 0 Å². The predicted molar refractivity (Wildman–Crippen MR) is 327 cm³/mol. The van der Waals surface area contributed by atoms with Crippen molar-refractivity contribution in [2.24, 2.45) is 20.7 Å². The van der Waals surface area contributed by atoms with Gasteiger partial charge < -0.3 is 20.9 Å². The standard InChI is InChI=1S/C18H27FN4O6S2.C16H23FN4O4S.C13H19FN4O4S2.C2H5ClO2S/c1-7-30(25,26)22-12-8-9-14(19)13(10-12)18(5)11-31(27,28)23(6)15(21-18)20-16(24)29-17(2,3)4;1-15(2,3)25-14(22)19-13-20-16(4,9-26(23,24)21(13)5)11-8-10(18)6-7-12(11)17;1-4-23(19,20)17-9-5-6-11(14)10(7-9)13(2)8-24(21,22)18(3)12(15)16-13;1-2-6(3,4)5/h8-10,22H,7,11H2,1-6H3,(H,20,21,24);6-8H,9,18H2,1-5H3,(H,19,20,22);5-7,17H,4,8H2,1-3H3,(H2,15,16);2H2,1H3/t18-;16-;13-;/m000./s1. The van der Waals surface area contributed by atoms with Gasteiger partial charge in [-0.3, -0.25) is 20.1 Å². The first kappa shape index (κ1) is 74.8. The van der Waals surface area contributed by atoms with Crippen LogP contribution < -0.4 is 31.5 Å². The molecule has 3 heterocycles. The van der Waals surface area contributed by atoms with E-state index < -0.39 is 134 Å². The highest BCUT2D eigenvalue weighted by atomic mass is 35.7. The summed E-state index contributed by atoms with van der Waals surface area (Å²) in [6.07, 6.45) is -1.79. The van der Waals surface area contributed by atoms with Crippen molar-refractivity contribution in [3.05, 3.63) is 88.7 Å². The summed E-state index contributed by atoms with van der Waals surface area (Å²) >= 11 is 0. The number of halogens is 4. The van der Waals surface area contributed by atoms with Crippen LogP contribution in [0, 0.1) is 17.5 Å². The fourth-order valence-electron chi connectivity index (χ4n) is 7.67. The van der Waals surface area contributed by atoms with Crippen molar-refractivity contribution in [1.82, 2.24) is 23.5 Å². The molecule has 0 aliphatic carbocycles. The highest BCUT2D eigenvalue weighted by Gasteiger charge is 2.46. The third kappa shape index (κ3) is 21.1. The Morgan fingerprint density at radius 1 is 0.563 bits per heavy atom. The molecule has 87 heavy (non-hydrogen) atoms. The molecule has 490 valence electrons. The number of sulfonamides is 5. The summed E-state index contributed by atoms with van der Waals surface area (Å²) in [6, 6.07) is 10.9. The molecule has 2 amide bonds. The molecule has 0 aromatic heterocycles. The zero-order valence-electron chi connectivity index (χ0n) is 50.3. The molecule has 0 spiro atoms. The number of amides is 2. The van der Waals surface area contributed by atoms with E-state index in [0.717, 1.165) is 31.1 Å². The number of alkyl carbamates (subject to hydrolysis) is 2. The molecule has 3 aromatic carbocycles. The smallest absolute Gasteiger partial charge is 0.414 e. The molecule has 0 saturated carbocycles. The number of nitrogen functional groups attached to an aromatic ring is 1. The first-order valence-electron chi connectivity index (χ1n) is 25.7. The summed E-state index contributed by atoms with van der Waals surface area (Å²) in [6.45, 7) is 18.6. The van der Waals surface area contributed by atoms with Gasteiger partial charge in [0.15, 0.2) is 0 Å². The summed E-state index contributed by atoms with van der Waals surface area (Å²) in [5.74, 6) is -4.88. The van der Waals surface area contributed by atoms with E-state index in [9.17, 15) is 73.3 Å². The number of nitrogens with zero attached hydrogens (tertiary/aromatic N) is 6. The Bertz CT molecular complexity index is 3910. The van der Waals surface area contributed by atoms with Crippen LogP contribution in [0.5, 0.6) is 0 Å². The topological polar surface area (TPSA) is 404 Å². The van der Waals surface area contributed by atoms with E-state index >= 15 is 0 Å². The zero-order valence-corrected chi connectivity index (χ0v) is 55.9. The van der Waals surface area contributed by atoms with Crippen molar-refractivity contribution >= 4 is 117 Å². The number of hydrogen-bond acceptors (Lipinski definition) is 21. The van der Waals surface area contributed by atoms with Crippen LogP contribution in [0.25, 0.3) is 0 Å².